The molecule has 2 bridgehead atoms. The van der Waals surface area contributed by atoms with E-state index in [4.69, 9.17) is 4.74 Å². The van der Waals surface area contributed by atoms with Crippen molar-refractivity contribution in [2.45, 2.75) is 50.0 Å². The largest absolute Gasteiger partial charge is 0.497 e. The number of hydrogen-bond acceptors (Lipinski definition) is 2. The summed E-state index contributed by atoms with van der Waals surface area (Å²) in [6, 6.07) is 7.60. The van der Waals surface area contributed by atoms with Gasteiger partial charge in [0.2, 0.25) is 0 Å². The Labute approximate surface area is 122 Å². The first-order valence-electron chi connectivity index (χ1n) is 8.12. The van der Waals surface area contributed by atoms with Gasteiger partial charge in [-0.15, -0.1) is 0 Å². The molecule has 2 heteroatoms. The second-order valence-corrected chi connectivity index (χ2v) is 7.03. The summed E-state index contributed by atoms with van der Waals surface area (Å²) in [5.41, 5.74) is 3.67. The summed E-state index contributed by atoms with van der Waals surface area (Å²) in [5, 5.41) is 0. The summed E-state index contributed by atoms with van der Waals surface area (Å²) in [4.78, 5) is 2.63. The fourth-order valence-corrected chi connectivity index (χ4v) is 5.30. The number of methoxy groups -OCH3 is 1. The predicted octanol–water partition coefficient (Wildman–Crippen LogP) is 3.38. The number of nitrogens with zero attached hydrogens (tertiary/aromatic N) is 1. The number of piperidine rings is 1. The van der Waals surface area contributed by atoms with Crippen LogP contribution in [0.2, 0.25) is 0 Å². The van der Waals surface area contributed by atoms with Crippen LogP contribution in [0.4, 0.5) is 0 Å². The topological polar surface area (TPSA) is 12.5 Å². The van der Waals surface area contributed by atoms with Gasteiger partial charge in [-0.1, -0.05) is 18.9 Å². The van der Waals surface area contributed by atoms with Gasteiger partial charge in [-0.3, -0.25) is 0 Å². The van der Waals surface area contributed by atoms with Crippen molar-refractivity contribution < 1.29 is 4.74 Å². The van der Waals surface area contributed by atoms with Crippen molar-refractivity contribution in [3.8, 4) is 5.75 Å². The maximum absolute atomic E-state index is 5.51. The summed E-state index contributed by atoms with van der Waals surface area (Å²) in [6.45, 7) is 1.26. The molecule has 1 aromatic carbocycles. The Hall–Kier alpha value is -1.02. The van der Waals surface area contributed by atoms with E-state index in [-0.39, 0.29) is 0 Å². The van der Waals surface area contributed by atoms with Crippen molar-refractivity contribution >= 4 is 0 Å². The zero-order valence-corrected chi connectivity index (χ0v) is 12.7. The highest BCUT2D eigenvalue weighted by atomic mass is 16.6. The van der Waals surface area contributed by atoms with Crippen molar-refractivity contribution in [3.05, 3.63) is 29.3 Å². The average molecular weight is 273 g/mol. The first-order valence-corrected chi connectivity index (χ1v) is 8.12. The maximum atomic E-state index is 5.51. The summed E-state index contributed by atoms with van der Waals surface area (Å²) < 4.78 is 5.51. The molecule has 2 nitrogen and oxygen atoms in total. The maximum Gasteiger partial charge on any atom is 0.119 e. The van der Waals surface area contributed by atoms with E-state index in [1.807, 2.05) is 0 Å². The Bertz CT molecular complexity index is 526. The van der Waals surface area contributed by atoms with Gasteiger partial charge in [0.15, 0.2) is 0 Å². The molecule has 1 unspecified atom stereocenters. The molecule has 1 aliphatic heterocycles. The van der Waals surface area contributed by atoms with Gasteiger partial charge in [-0.2, -0.15) is 0 Å². The Morgan fingerprint density at radius 1 is 1.30 bits per heavy atom. The number of likely N-dealkylation sites (tertiary alicyclic amines) is 1. The molecule has 1 heterocycles. The molecular formula is C18H25NO. The molecular weight excluding hydrogens is 248 g/mol. The van der Waals surface area contributed by atoms with Gasteiger partial charge in [0.1, 0.15) is 5.75 Å². The SMILES string of the molecule is CN1CC[C@]23CCCCC2[C@H]1Cc1ccc(O[14CH3])cc13. The summed E-state index contributed by atoms with van der Waals surface area (Å²) in [7, 11) is 4.12. The molecule has 0 radical (unpaired) electrons. The van der Waals surface area contributed by atoms with E-state index in [2.05, 4.69) is 30.1 Å². The predicted molar refractivity (Wildman–Crippen MR) is 81.4 cm³/mol. The molecule has 0 amide bonds. The van der Waals surface area contributed by atoms with Crippen LogP contribution in [0.25, 0.3) is 0 Å². The van der Waals surface area contributed by atoms with Crippen LogP contribution in [0, 0.1) is 5.92 Å². The zero-order valence-electron chi connectivity index (χ0n) is 12.7. The number of hydrogen-bond donors (Lipinski definition) is 0. The van der Waals surface area contributed by atoms with Gasteiger partial charge in [0.25, 0.3) is 0 Å². The molecule has 0 aromatic heterocycles. The zero-order chi connectivity index (χ0) is 13.7. The molecule has 2 fully saturated rings. The number of benzene rings is 1. The lowest BCUT2D eigenvalue weighted by atomic mass is 9.52. The molecule has 108 valence electrons. The molecule has 1 saturated heterocycles. The van der Waals surface area contributed by atoms with Crippen LogP contribution in [0.1, 0.15) is 43.2 Å². The van der Waals surface area contributed by atoms with Gasteiger partial charge in [-0.25, -0.2) is 0 Å². The average Bonchev–Trinajstić information content (AvgIpc) is 2.50. The fraction of sp³-hybridized carbons (Fsp3) is 0.667. The van der Waals surface area contributed by atoms with Gasteiger partial charge >= 0.3 is 0 Å². The normalized spacial score (nSPS) is 36.1. The van der Waals surface area contributed by atoms with Crippen LogP contribution in [0.15, 0.2) is 18.2 Å². The van der Waals surface area contributed by atoms with Gasteiger partial charge in [0, 0.05) is 11.5 Å². The fourth-order valence-electron chi connectivity index (χ4n) is 5.30. The van der Waals surface area contributed by atoms with E-state index >= 15 is 0 Å². The van der Waals surface area contributed by atoms with Crippen LogP contribution in [0.3, 0.4) is 0 Å². The van der Waals surface area contributed by atoms with E-state index in [1.54, 1.807) is 18.2 Å². The minimum absolute atomic E-state index is 0.456. The lowest BCUT2D eigenvalue weighted by molar-refractivity contribution is 0.00274. The lowest BCUT2D eigenvalue weighted by Gasteiger charge is -2.58. The van der Waals surface area contributed by atoms with Crippen LogP contribution < -0.4 is 4.74 Å². The first kappa shape index (κ1) is 12.7. The van der Waals surface area contributed by atoms with Crippen molar-refractivity contribution in [1.82, 2.24) is 4.90 Å². The van der Waals surface area contributed by atoms with Crippen molar-refractivity contribution in [1.29, 1.82) is 0 Å². The standard InChI is InChI=1S/C18H25NO/c1-19-10-9-18-8-4-3-5-15(18)17(19)11-13-6-7-14(20-2)12-16(13)18/h6-7,12,15,17H,3-5,8-11H2,1-2H3/t15?,17-,18-/m1/s1/i2+2. The van der Waals surface area contributed by atoms with Gasteiger partial charge < -0.3 is 9.64 Å². The second kappa shape index (κ2) is 4.49. The molecule has 3 aliphatic rings. The van der Waals surface area contributed by atoms with E-state index < -0.39 is 0 Å². The monoisotopic (exact) mass is 273 g/mol. The van der Waals surface area contributed by atoms with Crippen molar-refractivity contribution in [2.75, 3.05) is 20.7 Å². The van der Waals surface area contributed by atoms with E-state index in [0.29, 0.717) is 5.41 Å². The second-order valence-electron chi connectivity index (χ2n) is 7.03. The molecule has 3 atom stereocenters. The van der Waals surface area contributed by atoms with E-state index in [9.17, 15) is 0 Å². The van der Waals surface area contributed by atoms with E-state index in [0.717, 1.165) is 17.7 Å². The van der Waals surface area contributed by atoms with Crippen molar-refractivity contribution in [2.24, 2.45) is 5.92 Å². The highest BCUT2D eigenvalue weighted by molar-refractivity contribution is 5.45. The lowest BCUT2D eigenvalue weighted by Crippen LogP contribution is -2.59. The Morgan fingerprint density at radius 2 is 2.20 bits per heavy atom. The number of likely N-dealkylation sites (N-methyl/N-ethyl adjacent to an activating group) is 1. The minimum Gasteiger partial charge on any atom is -0.497 e. The molecule has 1 saturated carbocycles. The van der Waals surface area contributed by atoms with Crippen LogP contribution in [0.5, 0.6) is 5.75 Å². The molecule has 0 spiro atoms. The Balaban J connectivity index is 1.88. The molecule has 2 aliphatic carbocycles. The van der Waals surface area contributed by atoms with Gasteiger partial charge in [-0.05, 0) is 68.5 Å². The number of rotatable bonds is 1. The Morgan fingerprint density at radius 3 is 3.05 bits per heavy atom. The highest BCUT2D eigenvalue weighted by Gasteiger charge is 2.53. The third-order valence-electron chi connectivity index (χ3n) is 6.32. The van der Waals surface area contributed by atoms with Gasteiger partial charge in [0.05, 0.1) is 7.11 Å². The quantitative estimate of drug-likeness (QED) is 0.777. The molecule has 0 N–H and O–H groups in total. The Kier molecular flexibility index (Phi) is 2.85. The van der Waals surface area contributed by atoms with Crippen LogP contribution >= 0.6 is 0 Å². The van der Waals surface area contributed by atoms with Crippen molar-refractivity contribution in [3.63, 3.8) is 0 Å². The minimum atomic E-state index is 0.456. The van der Waals surface area contributed by atoms with Crippen LogP contribution in [-0.2, 0) is 11.8 Å². The molecule has 20 heavy (non-hydrogen) atoms. The first-order chi connectivity index (χ1) is 9.74. The number of fused-ring (bicyclic) bond motifs is 1. The highest BCUT2D eigenvalue weighted by Crippen LogP contribution is 2.55. The van der Waals surface area contributed by atoms with Crippen LogP contribution in [-0.4, -0.2) is 31.6 Å². The molecule has 4 rings (SSSR count). The number of ether oxygens (including phenoxy) is 1. The summed E-state index contributed by atoms with van der Waals surface area (Å²) in [5.74, 6) is 1.91. The molecule has 1 aromatic rings. The third-order valence-corrected chi connectivity index (χ3v) is 6.32. The third kappa shape index (κ3) is 1.60. The smallest absolute Gasteiger partial charge is 0.119 e. The summed E-state index contributed by atoms with van der Waals surface area (Å²) in [6.07, 6.45) is 8.22. The summed E-state index contributed by atoms with van der Waals surface area (Å²) >= 11 is 0. The van der Waals surface area contributed by atoms with E-state index in [1.165, 1.54) is 45.1 Å².